The second-order valence-corrected chi connectivity index (χ2v) is 10.7. The first kappa shape index (κ1) is 36.7. The minimum Gasteiger partial charge on any atom is -0.756 e. The van der Waals surface area contributed by atoms with Crippen molar-refractivity contribution in [1.82, 2.24) is 0 Å². The van der Waals surface area contributed by atoms with Gasteiger partial charge in [0.15, 0.2) is 0 Å². The Morgan fingerprint density at radius 2 is 1.11 bits per heavy atom. The predicted octanol–water partition coefficient (Wildman–Crippen LogP) is 6.30. The van der Waals surface area contributed by atoms with Crippen LogP contribution in [0.3, 0.4) is 0 Å². The highest BCUT2D eigenvalue weighted by molar-refractivity contribution is 7.45. The lowest BCUT2D eigenvalue weighted by Crippen LogP contribution is -2.29. The molecule has 0 aliphatic rings. The van der Waals surface area contributed by atoms with Crippen molar-refractivity contribution in [3.63, 3.8) is 0 Å². The largest absolute Gasteiger partial charge is 0.756 e. The molecule has 0 aliphatic carbocycles. The number of phosphoric ester groups is 1. The van der Waals surface area contributed by atoms with Crippen LogP contribution in [0.15, 0.2) is 0 Å². The van der Waals surface area contributed by atoms with Crippen molar-refractivity contribution in [2.75, 3.05) is 19.8 Å². The fraction of sp³-hybridized carbons (Fsp3) is 0.962. The Morgan fingerprint density at radius 3 is 1.46 bits per heavy atom. The molecule has 212 valence electrons. The highest BCUT2D eigenvalue weighted by Crippen LogP contribution is 2.38. The van der Waals surface area contributed by atoms with E-state index in [0.29, 0.717) is 13.0 Å². The summed E-state index contributed by atoms with van der Waals surface area (Å²) in [6, 6.07) is -0.716. The third-order valence-electron chi connectivity index (χ3n) is 5.78. The fourth-order valence-electron chi connectivity index (χ4n) is 3.49. The number of unbranched alkanes of at least 4 members (excludes halogenated alkanes) is 15. The van der Waals surface area contributed by atoms with Crippen LogP contribution < -0.4 is 16.4 Å². The van der Waals surface area contributed by atoms with Crippen LogP contribution in [0.25, 0.3) is 0 Å². The molecule has 0 radical (unpaired) electrons. The number of phosphoric acid groups is 1. The van der Waals surface area contributed by atoms with Crippen LogP contribution in [0.4, 0.5) is 0 Å². The van der Waals surface area contributed by atoms with Gasteiger partial charge in [0.05, 0.1) is 13.2 Å². The maximum absolute atomic E-state index is 11.6. The summed E-state index contributed by atoms with van der Waals surface area (Å²) in [4.78, 5) is 21.8. The molecule has 0 rings (SSSR count). The number of aliphatic carboxylic acids is 1. The Morgan fingerprint density at radius 1 is 0.743 bits per heavy atom. The van der Waals surface area contributed by atoms with E-state index in [-0.39, 0.29) is 13.2 Å². The van der Waals surface area contributed by atoms with Crippen LogP contribution in [0.1, 0.15) is 136 Å². The minimum absolute atomic E-state index is 0.257. The van der Waals surface area contributed by atoms with Crippen LogP contribution in [-0.2, 0) is 18.4 Å². The molecule has 0 amide bonds. The van der Waals surface area contributed by atoms with Gasteiger partial charge in [-0.05, 0) is 32.2 Å². The summed E-state index contributed by atoms with van der Waals surface area (Å²) < 4.78 is 21.5. The lowest BCUT2D eigenvalue weighted by atomic mass is 10.1. The first-order chi connectivity index (χ1) is 16.8. The summed E-state index contributed by atoms with van der Waals surface area (Å²) in [6.45, 7) is 5.55. The van der Waals surface area contributed by atoms with Gasteiger partial charge in [-0.3, -0.25) is 9.36 Å². The number of hydrogen-bond donors (Lipinski definition) is 3. The number of nitrogens with two attached hydrogens (primary N) is 2. The number of rotatable bonds is 25. The highest BCUT2D eigenvalue weighted by atomic mass is 31.2. The monoisotopic (exact) mass is 523 g/mol. The molecular formula is C26H56N2O6P-. The molecule has 0 aromatic heterocycles. The van der Waals surface area contributed by atoms with E-state index in [2.05, 4.69) is 13.8 Å². The van der Waals surface area contributed by atoms with E-state index < -0.39 is 19.8 Å². The molecule has 0 spiro atoms. The maximum Gasteiger partial charge on any atom is 0.320 e. The van der Waals surface area contributed by atoms with Gasteiger partial charge < -0.3 is 30.5 Å². The summed E-state index contributed by atoms with van der Waals surface area (Å²) in [6.07, 6.45) is 21.0. The van der Waals surface area contributed by atoms with Gasteiger partial charge in [0.1, 0.15) is 6.04 Å². The van der Waals surface area contributed by atoms with Crippen molar-refractivity contribution in [1.29, 1.82) is 0 Å². The standard InChI is InChI=1S/C20H43O4P.C6H14N2O2/c1-3-5-7-9-11-13-15-17-19-23-25(21,22)24-20-18-16-14-12-10-8-6-4-2;7-4-2-1-3-5(8)6(9)10/h3-20H2,1-2H3,(H,21,22);5H,1-4,7-8H2,(H,9,10)/p-1. The van der Waals surface area contributed by atoms with Gasteiger partial charge in [-0.15, -0.1) is 0 Å². The van der Waals surface area contributed by atoms with E-state index >= 15 is 0 Å². The molecule has 0 bridgehead atoms. The van der Waals surface area contributed by atoms with Crippen LogP contribution in [0.2, 0.25) is 0 Å². The number of carboxylic acid groups (broad SMARTS) is 1. The van der Waals surface area contributed by atoms with E-state index in [0.717, 1.165) is 51.4 Å². The molecule has 8 nitrogen and oxygen atoms in total. The maximum atomic E-state index is 11.6. The summed E-state index contributed by atoms with van der Waals surface area (Å²) >= 11 is 0. The molecule has 35 heavy (non-hydrogen) atoms. The van der Waals surface area contributed by atoms with Gasteiger partial charge in [-0.2, -0.15) is 0 Å². The second-order valence-electron chi connectivity index (χ2n) is 9.29. The van der Waals surface area contributed by atoms with Crippen LogP contribution >= 0.6 is 7.82 Å². The van der Waals surface area contributed by atoms with Crippen LogP contribution in [0, 0.1) is 0 Å². The van der Waals surface area contributed by atoms with Crippen molar-refractivity contribution in [3.8, 4) is 0 Å². The lowest BCUT2D eigenvalue weighted by Gasteiger charge is -2.22. The summed E-state index contributed by atoms with van der Waals surface area (Å²) in [5.74, 6) is -0.933. The van der Waals surface area contributed by atoms with E-state index in [4.69, 9.17) is 25.6 Å². The Labute approximate surface area is 215 Å². The summed E-state index contributed by atoms with van der Waals surface area (Å²) in [5, 5.41) is 8.33. The molecule has 0 heterocycles. The molecule has 1 atom stereocenters. The Balaban J connectivity index is 0. The van der Waals surface area contributed by atoms with Gasteiger partial charge >= 0.3 is 5.97 Å². The van der Waals surface area contributed by atoms with Crippen molar-refractivity contribution in [2.24, 2.45) is 11.5 Å². The third kappa shape index (κ3) is 31.5. The van der Waals surface area contributed by atoms with Crippen LogP contribution in [-0.4, -0.2) is 36.9 Å². The molecular weight excluding hydrogens is 467 g/mol. The number of hydrogen-bond acceptors (Lipinski definition) is 7. The Hall–Kier alpha value is -0.500. The minimum atomic E-state index is -4.08. The van der Waals surface area contributed by atoms with E-state index in [1.807, 2.05) is 0 Å². The highest BCUT2D eigenvalue weighted by Gasteiger charge is 2.09. The molecule has 0 aromatic rings. The fourth-order valence-corrected chi connectivity index (χ4v) is 4.27. The van der Waals surface area contributed by atoms with Gasteiger partial charge in [-0.25, -0.2) is 0 Å². The summed E-state index contributed by atoms with van der Waals surface area (Å²) in [7, 11) is -4.08. The molecule has 1 unspecified atom stereocenters. The average molecular weight is 524 g/mol. The molecule has 0 fully saturated rings. The Kier molecular flexibility index (Phi) is 29.4. The van der Waals surface area contributed by atoms with Crippen molar-refractivity contribution in [3.05, 3.63) is 0 Å². The first-order valence-corrected chi connectivity index (χ1v) is 15.5. The molecule has 0 aromatic carbocycles. The molecule has 5 N–H and O–H groups in total. The zero-order chi connectivity index (χ0) is 26.6. The van der Waals surface area contributed by atoms with Gasteiger partial charge in [0.2, 0.25) is 0 Å². The van der Waals surface area contributed by atoms with E-state index in [1.54, 1.807) is 0 Å². The van der Waals surface area contributed by atoms with Gasteiger partial charge in [0.25, 0.3) is 7.82 Å². The van der Waals surface area contributed by atoms with E-state index in [1.165, 1.54) is 64.2 Å². The molecule has 0 aliphatic heterocycles. The van der Waals surface area contributed by atoms with Crippen LogP contribution in [0.5, 0.6) is 0 Å². The zero-order valence-corrected chi connectivity index (χ0v) is 23.6. The Bertz CT molecular complexity index is 470. The topological polar surface area (TPSA) is 148 Å². The number of carboxylic acids is 1. The summed E-state index contributed by atoms with van der Waals surface area (Å²) in [5.41, 5.74) is 10.4. The third-order valence-corrected chi connectivity index (χ3v) is 6.78. The van der Waals surface area contributed by atoms with Gasteiger partial charge in [-0.1, -0.05) is 110 Å². The lowest BCUT2D eigenvalue weighted by molar-refractivity contribution is -0.225. The second kappa shape index (κ2) is 28.1. The van der Waals surface area contributed by atoms with Crippen molar-refractivity contribution < 1.29 is 28.4 Å². The van der Waals surface area contributed by atoms with Crippen molar-refractivity contribution in [2.45, 2.75) is 142 Å². The normalized spacial score (nSPS) is 12.3. The quantitative estimate of drug-likeness (QED) is 0.0933. The number of carbonyl (C=O) groups is 1. The van der Waals surface area contributed by atoms with Gasteiger partial charge in [0, 0.05) is 0 Å². The molecule has 9 heteroatoms. The molecule has 0 saturated carbocycles. The van der Waals surface area contributed by atoms with Crippen molar-refractivity contribution >= 4 is 13.8 Å². The zero-order valence-electron chi connectivity index (χ0n) is 22.7. The first-order valence-electron chi connectivity index (χ1n) is 14.1. The predicted molar refractivity (Wildman–Crippen MR) is 143 cm³/mol. The SMILES string of the molecule is CCCCCCCCCCOP(=O)([O-])OCCCCCCCCCC.NCCCCC(N)C(=O)O. The average Bonchev–Trinajstić information content (AvgIpc) is 2.82. The smallest absolute Gasteiger partial charge is 0.320 e. The molecule has 0 saturated heterocycles. The van der Waals surface area contributed by atoms with E-state index in [9.17, 15) is 14.3 Å².